The predicted octanol–water partition coefficient (Wildman–Crippen LogP) is 2.19. The molecule has 0 aromatic rings. The van der Waals surface area contributed by atoms with Gasteiger partial charge >= 0.3 is 0 Å². The second kappa shape index (κ2) is 3.09. The molecule has 2 heteroatoms. The normalized spacial score (nSPS) is 11.2. The van der Waals surface area contributed by atoms with Crippen molar-refractivity contribution in [2.24, 2.45) is 0 Å². The molecule has 1 nitrogen and oxygen atoms in total. The monoisotopic (exact) mass is 132 g/mol. The van der Waals surface area contributed by atoms with Gasteiger partial charge in [-0.1, -0.05) is 6.08 Å². The van der Waals surface area contributed by atoms with Crippen LogP contribution in [0.1, 0.15) is 6.42 Å². The molecule has 0 aliphatic carbocycles. The highest BCUT2D eigenvalue weighted by molar-refractivity contribution is 7.62. The van der Waals surface area contributed by atoms with Gasteiger partial charge in [0.05, 0.1) is 7.14 Å². The molecule has 8 heavy (non-hydrogen) atoms. The summed E-state index contributed by atoms with van der Waals surface area (Å²) in [6.07, 6.45) is 3.49. The van der Waals surface area contributed by atoms with E-state index in [1.165, 1.54) is 0 Å². The van der Waals surface area contributed by atoms with E-state index in [-0.39, 0.29) is 0 Å². The van der Waals surface area contributed by atoms with Crippen LogP contribution in [0.2, 0.25) is 0 Å². The van der Waals surface area contributed by atoms with Gasteiger partial charge in [-0.3, -0.25) is 0 Å². The SMILES string of the molecule is C=CCCP(C)(C)=O. The van der Waals surface area contributed by atoms with Crippen molar-refractivity contribution in [1.29, 1.82) is 0 Å². The first-order valence-electron chi connectivity index (χ1n) is 2.71. The zero-order valence-electron chi connectivity index (χ0n) is 5.55. The van der Waals surface area contributed by atoms with Gasteiger partial charge < -0.3 is 4.57 Å². The van der Waals surface area contributed by atoms with Gasteiger partial charge in [0.1, 0.15) is 0 Å². The van der Waals surface area contributed by atoms with Crippen molar-refractivity contribution in [2.45, 2.75) is 6.42 Å². The zero-order valence-corrected chi connectivity index (χ0v) is 6.45. The summed E-state index contributed by atoms with van der Waals surface area (Å²) in [7, 11) is -1.75. The van der Waals surface area contributed by atoms with E-state index in [1.807, 2.05) is 0 Å². The van der Waals surface area contributed by atoms with Crippen molar-refractivity contribution < 1.29 is 4.57 Å². The highest BCUT2D eigenvalue weighted by Crippen LogP contribution is 2.36. The number of allylic oxidation sites excluding steroid dienone is 1. The minimum Gasteiger partial charge on any atom is -0.324 e. The highest BCUT2D eigenvalue weighted by atomic mass is 31.2. The van der Waals surface area contributed by atoms with Crippen LogP contribution in [-0.4, -0.2) is 19.5 Å². The van der Waals surface area contributed by atoms with Gasteiger partial charge in [-0.15, -0.1) is 6.58 Å². The molecule has 0 atom stereocenters. The Labute approximate surface area is 51.2 Å². The first-order valence-corrected chi connectivity index (χ1v) is 5.50. The Balaban J connectivity index is 3.40. The second-order valence-electron chi connectivity index (χ2n) is 2.37. The number of rotatable bonds is 3. The van der Waals surface area contributed by atoms with E-state index in [1.54, 1.807) is 19.4 Å². The van der Waals surface area contributed by atoms with Gasteiger partial charge in [0.15, 0.2) is 0 Å². The lowest BCUT2D eigenvalue weighted by Crippen LogP contribution is -1.81. The molecule has 0 saturated carbocycles. The van der Waals surface area contributed by atoms with Crippen molar-refractivity contribution in [3.63, 3.8) is 0 Å². The largest absolute Gasteiger partial charge is 0.324 e. The first-order chi connectivity index (χ1) is 3.56. The Morgan fingerprint density at radius 3 is 2.25 bits per heavy atom. The van der Waals surface area contributed by atoms with Gasteiger partial charge in [-0.25, -0.2) is 0 Å². The Morgan fingerprint density at radius 1 is 1.62 bits per heavy atom. The van der Waals surface area contributed by atoms with Crippen LogP contribution < -0.4 is 0 Å². The average molecular weight is 132 g/mol. The van der Waals surface area contributed by atoms with Crippen LogP contribution in [0.5, 0.6) is 0 Å². The Hall–Kier alpha value is -0.0300. The summed E-state index contributed by atoms with van der Waals surface area (Å²) < 4.78 is 10.9. The summed E-state index contributed by atoms with van der Waals surface area (Å²) in [5, 5.41) is 0. The Kier molecular flexibility index (Phi) is 3.08. The molecule has 48 valence electrons. The quantitative estimate of drug-likeness (QED) is 0.425. The van der Waals surface area contributed by atoms with E-state index in [4.69, 9.17) is 0 Å². The zero-order chi connectivity index (χ0) is 6.62. The summed E-state index contributed by atoms with van der Waals surface area (Å²) in [5.74, 6) is 0. The lowest BCUT2D eigenvalue weighted by Gasteiger charge is -2.00. The topological polar surface area (TPSA) is 17.1 Å². The molecule has 0 amide bonds. The van der Waals surface area contributed by atoms with E-state index in [2.05, 4.69) is 6.58 Å². The third-order valence-corrected chi connectivity index (χ3v) is 2.21. The summed E-state index contributed by atoms with van der Waals surface area (Å²) >= 11 is 0. The lowest BCUT2D eigenvalue weighted by molar-refractivity contribution is 0.582. The molecular weight excluding hydrogens is 119 g/mol. The second-order valence-corrected chi connectivity index (χ2v) is 5.97. The molecule has 0 bridgehead atoms. The van der Waals surface area contributed by atoms with E-state index in [9.17, 15) is 4.57 Å². The van der Waals surface area contributed by atoms with Crippen LogP contribution in [0.3, 0.4) is 0 Å². The van der Waals surface area contributed by atoms with Crippen LogP contribution in [-0.2, 0) is 4.57 Å². The smallest absolute Gasteiger partial charge is 0.0822 e. The average Bonchev–Trinajstić information content (AvgIpc) is 1.59. The molecule has 0 unspecified atom stereocenters. The maximum absolute atomic E-state index is 10.9. The van der Waals surface area contributed by atoms with Crippen LogP contribution in [0.15, 0.2) is 12.7 Å². The molecule has 0 saturated heterocycles. The molecule has 0 aromatic carbocycles. The van der Waals surface area contributed by atoms with E-state index in [0.29, 0.717) is 0 Å². The lowest BCUT2D eigenvalue weighted by atomic mass is 10.5. The molecular formula is C6H13OP. The molecule has 0 spiro atoms. The molecule has 0 N–H and O–H groups in total. The molecule has 0 aliphatic heterocycles. The fourth-order valence-corrected chi connectivity index (χ4v) is 1.21. The van der Waals surface area contributed by atoms with E-state index < -0.39 is 7.14 Å². The fraction of sp³-hybridized carbons (Fsp3) is 0.667. The Morgan fingerprint density at radius 2 is 2.12 bits per heavy atom. The predicted molar refractivity (Wildman–Crippen MR) is 39.1 cm³/mol. The maximum Gasteiger partial charge on any atom is 0.0822 e. The Bertz CT molecular complexity index is 112. The minimum absolute atomic E-state index is 0.802. The highest BCUT2D eigenvalue weighted by Gasteiger charge is 2.02. The molecule has 0 heterocycles. The molecule has 0 aromatic heterocycles. The fourth-order valence-electron chi connectivity index (χ4n) is 0.402. The third-order valence-electron chi connectivity index (χ3n) is 0.872. The van der Waals surface area contributed by atoms with Crippen LogP contribution >= 0.6 is 7.14 Å². The van der Waals surface area contributed by atoms with E-state index >= 15 is 0 Å². The number of hydrogen-bond donors (Lipinski definition) is 0. The van der Waals surface area contributed by atoms with Gasteiger partial charge in [0.25, 0.3) is 0 Å². The third kappa shape index (κ3) is 5.97. The van der Waals surface area contributed by atoms with Crippen LogP contribution in [0.4, 0.5) is 0 Å². The number of hydrogen-bond acceptors (Lipinski definition) is 1. The van der Waals surface area contributed by atoms with E-state index in [0.717, 1.165) is 12.6 Å². The van der Waals surface area contributed by atoms with Gasteiger partial charge in [-0.2, -0.15) is 0 Å². The van der Waals surface area contributed by atoms with Crippen LogP contribution in [0.25, 0.3) is 0 Å². The summed E-state index contributed by atoms with van der Waals surface area (Å²) in [6.45, 7) is 7.15. The van der Waals surface area contributed by atoms with Crippen molar-refractivity contribution in [1.82, 2.24) is 0 Å². The molecule has 0 aliphatic rings. The summed E-state index contributed by atoms with van der Waals surface area (Å²) in [5.41, 5.74) is 0. The van der Waals surface area contributed by atoms with Crippen molar-refractivity contribution >= 4 is 7.14 Å². The molecule has 0 rings (SSSR count). The van der Waals surface area contributed by atoms with Crippen molar-refractivity contribution in [3.8, 4) is 0 Å². The van der Waals surface area contributed by atoms with Gasteiger partial charge in [0, 0.05) is 6.16 Å². The van der Waals surface area contributed by atoms with Gasteiger partial charge in [-0.05, 0) is 19.8 Å². The van der Waals surface area contributed by atoms with Crippen LogP contribution in [0, 0.1) is 0 Å². The van der Waals surface area contributed by atoms with Crippen molar-refractivity contribution in [2.75, 3.05) is 19.5 Å². The summed E-state index contributed by atoms with van der Waals surface area (Å²) in [6, 6.07) is 0. The standard InChI is InChI=1S/C6H13OP/c1-4-5-6-8(2,3)7/h4H,1,5-6H2,2-3H3. The minimum atomic E-state index is -1.75. The molecule has 0 fully saturated rings. The van der Waals surface area contributed by atoms with Crippen molar-refractivity contribution in [3.05, 3.63) is 12.7 Å². The maximum atomic E-state index is 10.9. The molecule has 0 radical (unpaired) electrons. The first kappa shape index (κ1) is 7.97. The van der Waals surface area contributed by atoms with Gasteiger partial charge in [0.2, 0.25) is 0 Å². The summed E-state index contributed by atoms with van der Waals surface area (Å²) in [4.78, 5) is 0.